The van der Waals surface area contributed by atoms with Crippen LogP contribution in [-0.2, 0) is 6.42 Å². The Morgan fingerprint density at radius 3 is 2.53 bits per heavy atom. The lowest BCUT2D eigenvalue weighted by Gasteiger charge is -2.16. The van der Waals surface area contributed by atoms with Gasteiger partial charge >= 0.3 is 0 Å². The zero-order chi connectivity index (χ0) is 12.8. The normalized spacial score (nSPS) is 14.4. The largest absolute Gasteiger partial charge is 0.494 e. The van der Waals surface area contributed by atoms with Gasteiger partial charge in [-0.2, -0.15) is 0 Å². The van der Waals surface area contributed by atoms with Crippen LogP contribution in [0.4, 0.5) is 0 Å². The van der Waals surface area contributed by atoms with Gasteiger partial charge in [0, 0.05) is 6.04 Å². The number of aryl methyl sites for hydroxylation is 1. The summed E-state index contributed by atoms with van der Waals surface area (Å²) in [7, 11) is 0. The molecule has 2 atom stereocenters. The first kappa shape index (κ1) is 14.0. The zero-order valence-corrected chi connectivity index (χ0v) is 11.5. The van der Waals surface area contributed by atoms with Crippen LogP contribution in [0.15, 0.2) is 18.2 Å². The van der Waals surface area contributed by atoms with Crippen molar-refractivity contribution in [2.75, 3.05) is 6.61 Å². The second-order valence-corrected chi connectivity index (χ2v) is 5.04. The van der Waals surface area contributed by atoms with Crippen molar-refractivity contribution in [1.82, 2.24) is 0 Å². The summed E-state index contributed by atoms with van der Waals surface area (Å²) in [5.41, 5.74) is 8.55. The van der Waals surface area contributed by atoms with Crippen LogP contribution in [0.5, 0.6) is 5.75 Å². The zero-order valence-electron chi connectivity index (χ0n) is 11.5. The minimum atomic E-state index is 0.285. The summed E-state index contributed by atoms with van der Waals surface area (Å²) in [5.74, 6) is 1.60. The minimum absolute atomic E-state index is 0.285. The van der Waals surface area contributed by atoms with Gasteiger partial charge in [-0.15, -0.1) is 0 Å². The van der Waals surface area contributed by atoms with E-state index in [2.05, 4.69) is 39.0 Å². The van der Waals surface area contributed by atoms with Gasteiger partial charge in [-0.05, 0) is 62.8 Å². The van der Waals surface area contributed by atoms with Crippen LogP contribution in [0.1, 0.15) is 38.3 Å². The van der Waals surface area contributed by atoms with Gasteiger partial charge in [0.25, 0.3) is 0 Å². The smallest absolute Gasteiger partial charge is 0.119 e. The molecule has 17 heavy (non-hydrogen) atoms. The maximum atomic E-state index is 5.83. The van der Waals surface area contributed by atoms with E-state index in [0.29, 0.717) is 5.92 Å². The van der Waals surface area contributed by atoms with Crippen molar-refractivity contribution in [2.24, 2.45) is 11.7 Å². The maximum absolute atomic E-state index is 5.83. The first-order chi connectivity index (χ1) is 8.02. The summed E-state index contributed by atoms with van der Waals surface area (Å²) in [6.07, 6.45) is 2.17. The second kappa shape index (κ2) is 6.65. The fourth-order valence-electron chi connectivity index (χ4n) is 2.25. The van der Waals surface area contributed by atoms with Gasteiger partial charge in [0.15, 0.2) is 0 Å². The molecule has 0 bridgehead atoms. The molecule has 1 aromatic carbocycles. The molecule has 0 amide bonds. The molecule has 0 radical (unpaired) electrons. The Hall–Kier alpha value is -1.02. The van der Waals surface area contributed by atoms with Gasteiger partial charge in [0.05, 0.1) is 6.61 Å². The quantitative estimate of drug-likeness (QED) is 0.821. The van der Waals surface area contributed by atoms with E-state index >= 15 is 0 Å². The Balaban J connectivity index is 2.65. The van der Waals surface area contributed by atoms with Gasteiger partial charge in [-0.3, -0.25) is 0 Å². The van der Waals surface area contributed by atoms with Crippen molar-refractivity contribution in [3.05, 3.63) is 29.3 Å². The molecule has 2 N–H and O–H groups in total. The highest BCUT2D eigenvalue weighted by Crippen LogP contribution is 2.21. The van der Waals surface area contributed by atoms with E-state index in [-0.39, 0.29) is 6.04 Å². The molecule has 0 aliphatic rings. The fraction of sp³-hybridized carbons (Fsp3) is 0.600. The highest BCUT2D eigenvalue weighted by molar-refractivity contribution is 5.35. The van der Waals surface area contributed by atoms with Crippen molar-refractivity contribution in [1.29, 1.82) is 0 Å². The Morgan fingerprint density at radius 1 is 1.29 bits per heavy atom. The lowest BCUT2D eigenvalue weighted by molar-refractivity contribution is 0.340. The molecule has 2 nitrogen and oxygen atoms in total. The van der Waals surface area contributed by atoms with Crippen LogP contribution < -0.4 is 10.5 Å². The van der Waals surface area contributed by atoms with E-state index in [1.165, 1.54) is 11.1 Å². The molecule has 2 heteroatoms. The molecule has 0 aromatic heterocycles. The first-order valence-electron chi connectivity index (χ1n) is 6.50. The van der Waals surface area contributed by atoms with Gasteiger partial charge in [0.1, 0.15) is 5.75 Å². The third kappa shape index (κ3) is 4.78. The number of nitrogens with two attached hydrogens (primary N) is 1. The molecule has 0 fully saturated rings. The summed E-state index contributed by atoms with van der Waals surface area (Å²) < 4.78 is 5.49. The van der Waals surface area contributed by atoms with Crippen LogP contribution in [-0.4, -0.2) is 12.6 Å². The lowest BCUT2D eigenvalue weighted by atomic mass is 9.93. The number of hydrogen-bond donors (Lipinski definition) is 1. The van der Waals surface area contributed by atoms with Crippen LogP contribution >= 0.6 is 0 Å². The molecule has 1 rings (SSSR count). The Bertz CT molecular complexity index is 347. The Labute approximate surface area is 105 Å². The molecule has 0 heterocycles. The van der Waals surface area contributed by atoms with Crippen molar-refractivity contribution >= 4 is 0 Å². The monoisotopic (exact) mass is 235 g/mol. The van der Waals surface area contributed by atoms with Crippen molar-refractivity contribution in [3.63, 3.8) is 0 Å². The molecule has 0 spiro atoms. The predicted molar refractivity (Wildman–Crippen MR) is 73.5 cm³/mol. The Kier molecular flexibility index (Phi) is 5.49. The minimum Gasteiger partial charge on any atom is -0.494 e. The number of ether oxygens (including phenoxy) is 1. The van der Waals surface area contributed by atoms with Crippen molar-refractivity contribution in [2.45, 2.75) is 46.6 Å². The van der Waals surface area contributed by atoms with E-state index < -0.39 is 0 Å². The summed E-state index contributed by atoms with van der Waals surface area (Å²) >= 11 is 0. The molecular formula is C15H25NO. The average Bonchev–Trinajstić information content (AvgIpc) is 2.21. The molecule has 1 aromatic rings. The molecule has 96 valence electrons. The summed E-state index contributed by atoms with van der Waals surface area (Å²) in [4.78, 5) is 0. The van der Waals surface area contributed by atoms with E-state index in [1.807, 2.05) is 6.92 Å². The van der Waals surface area contributed by atoms with E-state index in [4.69, 9.17) is 10.5 Å². The van der Waals surface area contributed by atoms with Gasteiger partial charge in [-0.25, -0.2) is 0 Å². The van der Waals surface area contributed by atoms with Crippen LogP contribution in [0.3, 0.4) is 0 Å². The van der Waals surface area contributed by atoms with Crippen LogP contribution in [0.25, 0.3) is 0 Å². The van der Waals surface area contributed by atoms with Crippen LogP contribution in [0, 0.1) is 12.8 Å². The van der Waals surface area contributed by atoms with Gasteiger partial charge in [-0.1, -0.05) is 13.0 Å². The van der Waals surface area contributed by atoms with E-state index in [1.54, 1.807) is 0 Å². The highest BCUT2D eigenvalue weighted by atomic mass is 16.5. The van der Waals surface area contributed by atoms with E-state index in [0.717, 1.165) is 25.2 Å². The topological polar surface area (TPSA) is 35.2 Å². The number of hydrogen-bond acceptors (Lipinski definition) is 2. The molecule has 0 aliphatic heterocycles. The maximum Gasteiger partial charge on any atom is 0.119 e. The standard InChI is InChI=1S/C15H25NO/c1-5-17-15-7-6-14(12(3)10-15)9-11(2)8-13(4)16/h6-7,10-11,13H,5,8-9,16H2,1-4H3. The summed E-state index contributed by atoms with van der Waals surface area (Å²) in [6, 6.07) is 6.65. The molecule has 2 unspecified atom stereocenters. The SMILES string of the molecule is CCOc1ccc(CC(C)CC(C)N)c(C)c1. The predicted octanol–water partition coefficient (Wildman–Crippen LogP) is 3.31. The third-order valence-electron chi connectivity index (χ3n) is 2.97. The van der Waals surface area contributed by atoms with Crippen LogP contribution in [0.2, 0.25) is 0 Å². The fourth-order valence-corrected chi connectivity index (χ4v) is 2.25. The van der Waals surface area contributed by atoms with Gasteiger partial charge < -0.3 is 10.5 Å². The lowest BCUT2D eigenvalue weighted by Crippen LogP contribution is -2.19. The molecule has 0 saturated heterocycles. The molecule has 0 saturated carbocycles. The number of benzene rings is 1. The number of rotatable bonds is 6. The summed E-state index contributed by atoms with van der Waals surface area (Å²) in [6.45, 7) is 9.21. The molecule has 0 aliphatic carbocycles. The Morgan fingerprint density at radius 2 is 2.00 bits per heavy atom. The third-order valence-corrected chi connectivity index (χ3v) is 2.97. The average molecular weight is 235 g/mol. The highest BCUT2D eigenvalue weighted by Gasteiger charge is 2.08. The van der Waals surface area contributed by atoms with E-state index in [9.17, 15) is 0 Å². The summed E-state index contributed by atoms with van der Waals surface area (Å²) in [5, 5.41) is 0. The molecular weight excluding hydrogens is 210 g/mol. The second-order valence-electron chi connectivity index (χ2n) is 5.04. The van der Waals surface area contributed by atoms with Crippen molar-refractivity contribution < 1.29 is 4.74 Å². The van der Waals surface area contributed by atoms with Crippen molar-refractivity contribution in [3.8, 4) is 5.75 Å². The first-order valence-corrected chi connectivity index (χ1v) is 6.50. The van der Waals surface area contributed by atoms with Gasteiger partial charge in [0.2, 0.25) is 0 Å².